The summed E-state index contributed by atoms with van der Waals surface area (Å²) in [6.45, 7) is 4.97. The summed E-state index contributed by atoms with van der Waals surface area (Å²) in [7, 11) is 0. The monoisotopic (exact) mass is 176 g/mol. The van der Waals surface area contributed by atoms with Crippen LogP contribution in [0.2, 0.25) is 0 Å². The van der Waals surface area contributed by atoms with Gasteiger partial charge in [0.15, 0.2) is 0 Å². The second kappa shape index (κ2) is 10.8. The van der Waals surface area contributed by atoms with Crippen molar-refractivity contribution >= 4 is 0 Å². The largest absolute Gasteiger partial charge is 0.381 e. The van der Waals surface area contributed by atoms with E-state index in [4.69, 9.17) is 16.2 Å². The van der Waals surface area contributed by atoms with Crippen molar-refractivity contribution in [2.75, 3.05) is 39.5 Å². The molecule has 0 unspecified atom stereocenters. The van der Waals surface area contributed by atoms with Crippen molar-refractivity contribution in [2.45, 2.75) is 12.8 Å². The average Bonchev–Trinajstić information content (AvgIpc) is 2.90. The Morgan fingerprint density at radius 2 is 1.42 bits per heavy atom. The van der Waals surface area contributed by atoms with Gasteiger partial charge in [0.1, 0.15) is 0 Å². The van der Waals surface area contributed by atoms with Gasteiger partial charge in [0, 0.05) is 13.2 Å². The van der Waals surface area contributed by atoms with E-state index in [0.717, 1.165) is 39.3 Å². The van der Waals surface area contributed by atoms with Crippen LogP contribution >= 0.6 is 0 Å². The lowest BCUT2D eigenvalue weighted by Gasteiger charge is -1.99. The summed E-state index contributed by atoms with van der Waals surface area (Å²) in [5.41, 5.74) is 10.5. The average molecular weight is 176 g/mol. The third-order valence-electron chi connectivity index (χ3n) is 1.19. The molecule has 0 atom stereocenters. The van der Waals surface area contributed by atoms with Crippen molar-refractivity contribution < 1.29 is 9.47 Å². The summed E-state index contributed by atoms with van der Waals surface area (Å²) in [5, 5.41) is 0. The Labute approximate surface area is 74.2 Å². The molecule has 1 saturated heterocycles. The zero-order chi connectivity index (χ0) is 9.07. The quantitative estimate of drug-likeness (QED) is 0.431. The van der Waals surface area contributed by atoms with Crippen LogP contribution in [0.25, 0.3) is 0 Å². The lowest BCUT2D eigenvalue weighted by atomic mass is 10.4. The number of epoxide rings is 1. The highest BCUT2D eigenvalue weighted by Gasteiger charge is 1.94. The van der Waals surface area contributed by atoms with Gasteiger partial charge in [0.2, 0.25) is 0 Å². The SMILES string of the molecule is C1CO1.NCCCOCCCN. The smallest absolute Gasteiger partial charge is 0.0701 e. The molecule has 1 aliphatic rings. The molecule has 0 saturated carbocycles. The normalized spacial score (nSPS) is 13.5. The number of rotatable bonds is 6. The summed E-state index contributed by atoms with van der Waals surface area (Å²) < 4.78 is 9.65. The summed E-state index contributed by atoms with van der Waals surface area (Å²) >= 11 is 0. The lowest BCUT2D eigenvalue weighted by molar-refractivity contribution is 0.132. The van der Waals surface area contributed by atoms with Gasteiger partial charge in [-0.05, 0) is 25.9 Å². The molecular weight excluding hydrogens is 156 g/mol. The van der Waals surface area contributed by atoms with Crippen LogP contribution in [0.4, 0.5) is 0 Å². The van der Waals surface area contributed by atoms with Gasteiger partial charge < -0.3 is 20.9 Å². The third kappa shape index (κ3) is 16.4. The van der Waals surface area contributed by atoms with E-state index in [-0.39, 0.29) is 0 Å². The minimum atomic E-state index is 0.711. The highest BCUT2D eigenvalue weighted by atomic mass is 16.6. The Kier molecular flexibility index (Phi) is 10.7. The molecule has 12 heavy (non-hydrogen) atoms. The predicted octanol–water partition coefficient (Wildman–Crippen LogP) is -0.283. The second-order valence-electron chi connectivity index (χ2n) is 2.51. The summed E-state index contributed by atoms with van der Waals surface area (Å²) in [6, 6.07) is 0. The van der Waals surface area contributed by atoms with Crippen LogP contribution < -0.4 is 11.5 Å². The van der Waals surface area contributed by atoms with E-state index in [2.05, 4.69) is 4.74 Å². The van der Waals surface area contributed by atoms with Gasteiger partial charge in [-0.25, -0.2) is 0 Å². The summed E-state index contributed by atoms with van der Waals surface area (Å²) in [4.78, 5) is 0. The minimum absolute atomic E-state index is 0.711. The van der Waals surface area contributed by atoms with Gasteiger partial charge in [-0.2, -0.15) is 0 Å². The third-order valence-corrected chi connectivity index (χ3v) is 1.19. The zero-order valence-electron chi connectivity index (χ0n) is 7.63. The van der Waals surface area contributed by atoms with Crippen molar-refractivity contribution in [2.24, 2.45) is 11.5 Å². The van der Waals surface area contributed by atoms with E-state index >= 15 is 0 Å². The topological polar surface area (TPSA) is 73.8 Å². The highest BCUT2D eigenvalue weighted by molar-refractivity contribution is 4.38. The molecule has 1 heterocycles. The van der Waals surface area contributed by atoms with Gasteiger partial charge in [0.05, 0.1) is 13.2 Å². The van der Waals surface area contributed by atoms with Crippen LogP contribution in [0.1, 0.15) is 12.8 Å². The molecule has 74 valence electrons. The molecule has 0 aromatic heterocycles. The van der Waals surface area contributed by atoms with E-state index in [0.29, 0.717) is 13.1 Å². The highest BCUT2D eigenvalue weighted by Crippen LogP contribution is 1.84. The van der Waals surface area contributed by atoms with Gasteiger partial charge in [-0.15, -0.1) is 0 Å². The van der Waals surface area contributed by atoms with Gasteiger partial charge in [0.25, 0.3) is 0 Å². The van der Waals surface area contributed by atoms with Crippen LogP contribution in [0.15, 0.2) is 0 Å². The standard InChI is InChI=1S/C6H16N2O.C2H4O/c7-3-1-5-9-6-2-4-8;1-2-3-1/h1-8H2;1-2H2. The van der Waals surface area contributed by atoms with E-state index in [1.165, 1.54) is 0 Å². The molecule has 4 nitrogen and oxygen atoms in total. The molecule has 1 aliphatic heterocycles. The van der Waals surface area contributed by atoms with Gasteiger partial charge in [-0.1, -0.05) is 0 Å². The summed E-state index contributed by atoms with van der Waals surface area (Å²) in [5.74, 6) is 0. The maximum Gasteiger partial charge on any atom is 0.0701 e. The first-order valence-electron chi connectivity index (χ1n) is 4.47. The van der Waals surface area contributed by atoms with Crippen molar-refractivity contribution in [1.29, 1.82) is 0 Å². The van der Waals surface area contributed by atoms with Crippen molar-refractivity contribution in [3.05, 3.63) is 0 Å². The molecule has 0 aromatic carbocycles. The Morgan fingerprint density at radius 3 is 1.67 bits per heavy atom. The van der Waals surface area contributed by atoms with Crippen LogP contribution in [0, 0.1) is 0 Å². The fraction of sp³-hybridized carbons (Fsp3) is 1.00. The molecule has 0 spiro atoms. The van der Waals surface area contributed by atoms with Crippen LogP contribution in [0.3, 0.4) is 0 Å². The maximum atomic E-state index is 5.24. The van der Waals surface area contributed by atoms with Crippen LogP contribution in [-0.2, 0) is 9.47 Å². The first kappa shape index (κ1) is 11.8. The van der Waals surface area contributed by atoms with Crippen LogP contribution in [-0.4, -0.2) is 39.5 Å². The Bertz CT molecular complexity index is 70.7. The molecule has 0 radical (unpaired) electrons. The zero-order valence-corrected chi connectivity index (χ0v) is 7.63. The maximum absolute atomic E-state index is 5.24. The Balaban J connectivity index is 0.000000330. The van der Waals surface area contributed by atoms with Crippen LogP contribution in [0.5, 0.6) is 0 Å². The second-order valence-corrected chi connectivity index (χ2v) is 2.51. The molecular formula is C8H20N2O2. The molecule has 4 heteroatoms. The minimum Gasteiger partial charge on any atom is -0.381 e. The molecule has 0 aliphatic carbocycles. The van der Waals surface area contributed by atoms with Crippen molar-refractivity contribution in [3.63, 3.8) is 0 Å². The first-order chi connectivity index (χ1) is 5.91. The van der Waals surface area contributed by atoms with E-state index in [1.807, 2.05) is 0 Å². The molecule has 0 bridgehead atoms. The van der Waals surface area contributed by atoms with Gasteiger partial charge >= 0.3 is 0 Å². The number of ether oxygens (including phenoxy) is 2. The molecule has 0 amide bonds. The van der Waals surface area contributed by atoms with Gasteiger partial charge in [-0.3, -0.25) is 0 Å². The molecule has 0 aromatic rings. The fourth-order valence-corrected chi connectivity index (χ4v) is 0.473. The summed E-state index contributed by atoms with van der Waals surface area (Å²) in [6.07, 6.45) is 1.90. The lowest BCUT2D eigenvalue weighted by Crippen LogP contribution is -2.08. The Morgan fingerprint density at radius 1 is 1.00 bits per heavy atom. The predicted molar refractivity (Wildman–Crippen MR) is 49.0 cm³/mol. The fourth-order valence-electron chi connectivity index (χ4n) is 0.473. The first-order valence-corrected chi connectivity index (χ1v) is 4.47. The van der Waals surface area contributed by atoms with E-state index in [9.17, 15) is 0 Å². The van der Waals surface area contributed by atoms with Crippen molar-refractivity contribution in [3.8, 4) is 0 Å². The number of hydrogen-bond acceptors (Lipinski definition) is 4. The number of nitrogens with two attached hydrogens (primary N) is 2. The van der Waals surface area contributed by atoms with Crippen molar-refractivity contribution in [1.82, 2.24) is 0 Å². The van der Waals surface area contributed by atoms with E-state index in [1.54, 1.807) is 0 Å². The molecule has 1 rings (SSSR count). The molecule has 4 N–H and O–H groups in total. The Hall–Kier alpha value is -0.160. The number of hydrogen-bond donors (Lipinski definition) is 2. The molecule has 1 fully saturated rings. The van der Waals surface area contributed by atoms with E-state index < -0.39 is 0 Å².